The molecular weight excluding hydrogens is 484 g/mol. The van der Waals surface area contributed by atoms with Crippen LogP contribution in [-0.4, -0.2) is 37.6 Å². The number of rotatable bonds is 12. The summed E-state index contributed by atoms with van der Waals surface area (Å²) < 4.78 is 5.87. The second-order valence-electron chi connectivity index (χ2n) is 14.7. The van der Waals surface area contributed by atoms with E-state index in [0.717, 1.165) is 54.8 Å². The highest BCUT2D eigenvalue weighted by molar-refractivity contribution is 5.75. The Morgan fingerprint density at radius 1 is 1.00 bits per heavy atom. The Bertz CT molecular complexity index is 884. The average Bonchev–Trinajstić information content (AvgIpc) is 3.23. The summed E-state index contributed by atoms with van der Waals surface area (Å²) in [6.07, 6.45) is 16.9. The summed E-state index contributed by atoms with van der Waals surface area (Å²) in [5.74, 6) is 5.27. The van der Waals surface area contributed by atoms with Gasteiger partial charge >= 0.3 is 6.09 Å². The molecule has 0 aromatic carbocycles. The molecule has 4 aliphatic carbocycles. The van der Waals surface area contributed by atoms with Crippen LogP contribution in [-0.2, 0) is 9.53 Å². The molecule has 0 aliphatic heterocycles. The van der Waals surface area contributed by atoms with Crippen LogP contribution in [0.3, 0.4) is 0 Å². The normalized spacial score (nSPS) is 36.4. The van der Waals surface area contributed by atoms with E-state index in [-0.39, 0.29) is 23.4 Å². The quantitative estimate of drug-likeness (QED) is 0.196. The van der Waals surface area contributed by atoms with E-state index in [2.05, 4.69) is 51.3 Å². The Kier molecular flexibility index (Phi) is 10.3. The minimum Gasteiger partial charge on any atom is -0.446 e. The SMILES string of the molecule is CC(=O)CCNCCNC(=O)O[C@H]1CC[C@@]2(C)C(=CCC3[C@@H]4CC[C@H]([C@H](C)CCCC(C)C)[C@@]4(C)CC[C@@H]32)C1. The van der Waals surface area contributed by atoms with Crippen molar-refractivity contribution in [2.24, 2.45) is 46.3 Å². The fourth-order valence-corrected chi connectivity index (χ4v) is 9.59. The first-order valence-electron chi connectivity index (χ1n) is 16.4. The van der Waals surface area contributed by atoms with Crippen LogP contribution in [0.5, 0.6) is 0 Å². The van der Waals surface area contributed by atoms with Crippen LogP contribution in [0.1, 0.15) is 119 Å². The van der Waals surface area contributed by atoms with Crippen molar-refractivity contribution in [2.45, 2.75) is 125 Å². The maximum absolute atomic E-state index is 12.4. The highest BCUT2D eigenvalue weighted by Gasteiger charge is 2.59. The topological polar surface area (TPSA) is 67.4 Å². The lowest BCUT2D eigenvalue weighted by Gasteiger charge is -2.58. The molecule has 222 valence electrons. The maximum Gasteiger partial charge on any atom is 0.407 e. The number of nitrogens with one attached hydrogen (secondary N) is 2. The van der Waals surface area contributed by atoms with Gasteiger partial charge in [0.05, 0.1) is 0 Å². The zero-order chi connectivity index (χ0) is 28.2. The van der Waals surface area contributed by atoms with E-state index >= 15 is 0 Å². The van der Waals surface area contributed by atoms with Gasteiger partial charge in [-0.25, -0.2) is 4.79 Å². The van der Waals surface area contributed by atoms with Gasteiger partial charge in [-0.1, -0.05) is 65.5 Å². The van der Waals surface area contributed by atoms with Crippen molar-refractivity contribution in [3.63, 3.8) is 0 Å². The number of fused-ring (bicyclic) bond motifs is 5. The van der Waals surface area contributed by atoms with Crippen molar-refractivity contribution in [3.05, 3.63) is 11.6 Å². The molecule has 0 spiro atoms. The van der Waals surface area contributed by atoms with Crippen molar-refractivity contribution in [3.8, 4) is 0 Å². The molecule has 0 aromatic heterocycles. The molecule has 2 N–H and O–H groups in total. The zero-order valence-electron chi connectivity index (χ0n) is 26.0. The van der Waals surface area contributed by atoms with E-state index in [0.29, 0.717) is 31.5 Å². The van der Waals surface area contributed by atoms with Gasteiger partial charge in [0.2, 0.25) is 0 Å². The second-order valence-corrected chi connectivity index (χ2v) is 14.7. The van der Waals surface area contributed by atoms with Gasteiger partial charge in [-0.2, -0.15) is 0 Å². The van der Waals surface area contributed by atoms with Gasteiger partial charge in [0.15, 0.2) is 0 Å². The highest BCUT2D eigenvalue weighted by atomic mass is 16.6. The number of Topliss-reactive ketones (excluding diaryl/α,β-unsaturated/α-hetero) is 1. The standard InChI is InChI=1S/C34H58N2O3/c1-23(2)8-7-9-24(3)29-12-13-30-28-11-10-26-22-27(39-32(38)36-21-20-35-19-16-25(4)37)14-17-33(26,5)31(28)15-18-34(29,30)6/h10,23-24,27-31,35H,7-9,11-22H2,1-6H3,(H,36,38)/t24-,27+,28?,29-,30+,31+,33+,34-/m1/s1. The van der Waals surface area contributed by atoms with Gasteiger partial charge in [0.25, 0.3) is 0 Å². The van der Waals surface area contributed by atoms with E-state index in [1.807, 2.05) is 0 Å². The van der Waals surface area contributed by atoms with Crippen LogP contribution in [0.2, 0.25) is 0 Å². The fraction of sp³-hybridized carbons (Fsp3) is 0.882. The minimum absolute atomic E-state index is 0.0112. The summed E-state index contributed by atoms with van der Waals surface area (Å²) in [5.41, 5.74) is 2.38. The van der Waals surface area contributed by atoms with Crippen LogP contribution in [0.15, 0.2) is 11.6 Å². The van der Waals surface area contributed by atoms with Gasteiger partial charge in [0.1, 0.15) is 11.9 Å². The summed E-state index contributed by atoms with van der Waals surface area (Å²) >= 11 is 0. The molecule has 4 rings (SSSR count). The second kappa shape index (κ2) is 13.1. The average molecular weight is 543 g/mol. The number of alkyl carbamates (subject to hydrolysis) is 1. The van der Waals surface area contributed by atoms with Crippen LogP contribution in [0, 0.1) is 46.3 Å². The molecule has 5 nitrogen and oxygen atoms in total. The van der Waals surface area contributed by atoms with Crippen molar-refractivity contribution in [1.29, 1.82) is 0 Å². The molecule has 0 bridgehead atoms. The number of ketones is 1. The molecule has 1 unspecified atom stereocenters. The van der Waals surface area contributed by atoms with Crippen LogP contribution >= 0.6 is 0 Å². The van der Waals surface area contributed by atoms with Crippen molar-refractivity contribution in [1.82, 2.24) is 10.6 Å². The first kappa shape index (κ1) is 30.6. The Hall–Kier alpha value is -1.36. The predicted octanol–water partition coefficient (Wildman–Crippen LogP) is 7.69. The number of carbonyl (C=O) groups excluding carboxylic acids is 2. The lowest BCUT2D eigenvalue weighted by molar-refractivity contribution is -0.116. The molecule has 5 heteroatoms. The number of hydrogen-bond donors (Lipinski definition) is 2. The Labute approximate surface area is 239 Å². The smallest absolute Gasteiger partial charge is 0.407 e. The summed E-state index contributed by atoms with van der Waals surface area (Å²) in [4.78, 5) is 23.5. The summed E-state index contributed by atoms with van der Waals surface area (Å²) in [6.45, 7) is 15.9. The van der Waals surface area contributed by atoms with E-state index in [1.165, 1.54) is 51.4 Å². The van der Waals surface area contributed by atoms with Gasteiger partial charge in [-0.15, -0.1) is 0 Å². The Morgan fingerprint density at radius 3 is 2.54 bits per heavy atom. The molecule has 1 amide bonds. The zero-order valence-corrected chi connectivity index (χ0v) is 26.0. The predicted molar refractivity (Wildman–Crippen MR) is 159 cm³/mol. The van der Waals surface area contributed by atoms with Gasteiger partial charge < -0.3 is 15.4 Å². The van der Waals surface area contributed by atoms with Gasteiger partial charge in [-0.3, -0.25) is 4.79 Å². The minimum atomic E-state index is -0.306. The van der Waals surface area contributed by atoms with Crippen molar-refractivity contribution < 1.29 is 14.3 Å². The number of ether oxygens (including phenoxy) is 1. The lowest BCUT2D eigenvalue weighted by Crippen LogP contribution is -2.51. The van der Waals surface area contributed by atoms with E-state index in [4.69, 9.17) is 4.74 Å². The summed E-state index contributed by atoms with van der Waals surface area (Å²) in [7, 11) is 0. The molecule has 0 heterocycles. The van der Waals surface area contributed by atoms with Gasteiger partial charge in [-0.05, 0) is 98.2 Å². The molecule has 0 saturated heterocycles. The molecule has 0 radical (unpaired) electrons. The molecule has 8 atom stereocenters. The molecule has 3 saturated carbocycles. The van der Waals surface area contributed by atoms with Gasteiger partial charge in [0, 0.05) is 32.5 Å². The highest BCUT2D eigenvalue weighted by Crippen LogP contribution is 2.67. The summed E-state index contributed by atoms with van der Waals surface area (Å²) in [6, 6.07) is 0. The molecular formula is C34H58N2O3. The summed E-state index contributed by atoms with van der Waals surface area (Å²) in [5, 5.41) is 6.06. The Balaban J connectivity index is 1.30. The number of hydrogen-bond acceptors (Lipinski definition) is 4. The number of amides is 1. The third-order valence-corrected chi connectivity index (χ3v) is 11.8. The van der Waals surface area contributed by atoms with Crippen LogP contribution in [0.25, 0.3) is 0 Å². The molecule has 3 fully saturated rings. The third kappa shape index (κ3) is 6.93. The first-order valence-corrected chi connectivity index (χ1v) is 16.4. The number of carbonyl (C=O) groups is 2. The third-order valence-electron chi connectivity index (χ3n) is 11.8. The van der Waals surface area contributed by atoms with Crippen LogP contribution < -0.4 is 10.6 Å². The van der Waals surface area contributed by atoms with E-state index < -0.39 is 0 Å². The van der Waals surface area contributed by atoms with Crippen molar-refractivity contribution in [2.75, 3.05) is 19.6 Å². The molecule has 0 aromatic rings. The molecule has 4 aliphatic rings. The van der Waals surface area contributed by atoms with Crippen LogP contribution in [0.4, 0.5) is 4.79 Å². The van der Waals surface area contributed by atoms with E-state index in [1.54, 1.807) is 12.5 Å². The maximum atomic E-state index is 12.4. The lowest BCUT2D eigenvalue weighted by atomic mass is 9.47. The van der Waals surface area contributed by atoms with E-state index in [9.17, 15) is 9.59 Å². The molecule has 39 heavy (non-hydrogen) atoms. The monoisotopic (exact) mass is 542 g/mol. The van der Waals surface area contributed by atoms with Crippen molar-refractivity contribution >= 4 is 11.9 Å². The fourth-order valence-electron chi connectivity index (χ4n) is 9.59. The Morgan fingerprint density at radius 2 is 1.79 bits per heavy atom. The number of allylic oxidation sites excluding steroid dienone is 1. The first-order chi connectivity index (χ1) is 18.5. The largest absolute Gasteiger partial charge is 0.446 e.